The highest BCUT2D eigenvalue weighted by atomic mass is 35.5. The minimum Gasteiger partial charge on any atom is -0.395 e. The number of rotatable bonds is 5. The van der Waals surface area contributed by atoms with Gasteiger partial charge in [0.15, 0.2) is 0 Å². The van der Waals surface area contributed by atoms with E-state index in [4.69, 9.17) is 23.2 Å². The van der Waals surface area contributed by atoms with Crippen molar-refractivity contribution >= 4 is 34.8 Å². The molecule has 0 aromatic heterocycles. The minimum atomic E-state index is -0.124. The van der Waals surface area contributed by atoms with Crippen LogP contribution in [0.15, 0.2) is 18.2 Å². The van der Waals surface area contributed by atoms with E-state index < -0.39 is 0 Å². The van der Waals surface area contributed by atoms with Gasteiger partial charge in [-0.15, -0.1) is 0 Å². The molecule has 1 aliphatic heterocycles. The van der Waals surface area contributed by atoms with Crippen LogP contribution in [0.5, 0.6) is 0 Å². The number of anilines is 1. The second-order valence-corrected chi connectivity index (χ2v) is 6.26. The molecular formula is C15H20Cl2N2O2. The summed E-state index contributed by atoms with van der Waals surface area (Å²) in [5.74, 6) is 0.345. The Morgan fingerprint density at radius 1 is 1.43 bits per heavy atom. The first kappa shape index (κ1) is 16.6. The quantitative estimate of drug-likeness (QED) is 0.872. The smallest absolute Gasteiger partial charge is 0.225 e. The number of nitrogens with one attached hydrogen (secondary N) is 1. The van der Waals surface area contributed by atoms with Gasteiger partial charge in [0.2, 0.25) is 5.91 Å². The molecule has 1 aliphatic rings. The van der Waals surface area contributed by atoms with Crippen molar-refractivity contribution in [3.8, 4) is 0 Å². The maximum absolute atomic E-state index is 12.0. The minimum absolute atomic E-state index is 0.124. The molecule has 4 nitrogen and oxygen atoms in total. The molecule has 21 heavy (non-hydrogen) atoms. The average Bonchev–Trinajstić information content (AvgIpc) is 2.81. The first-order valence-corrected chi connectivity index (χ1v) is 7.87. The molecule has 2 unspecified atom stereocenters. The molecule has 2 N–H and O–H groups in total. The molecule has 0 spiro atoms. The summed E-state index contributed by atoms with van der Waals surface area (Å²) in [6.45, 7) is 3.82. The van der Waals surface area contributed by atoms with Crippen molar-refractivity contribution in [1.82, 2.24) is 4.90 Å². The van der Waals surface area contributed by atoms with Crippen LogP contribution in [-0.2, 0) is 4.79 Å². The van der Waals surface area contributed by atoms with Gasteiger partial charge in [-0.1, -0.05) is 36.2 Å². The van der Waals surface area contributed by atoms with E-state index in [1.807, 2.05) is 0 Å². The van der Waals surface area contributed by atoms with Crippen molar-refractivity contribution in [2.75, 3.05) is 25.0 Å². The number of benzene rings is 1. The van der Waals surface area contributed by atoms with E-state index >= 15 is 0 Å². The predicted octanol–water partition coefficient (Wildman–Crippen LogP) is 3.02. The Kier molecular flexibility index (Phi) is 5.88. The number of hydrogen-bond donors (Lipinski definition) is 2. The molecule has 0 bridgehead atoms. The Hall–Kier alpha value is -0.810. The Labute approximate surface area is 135 Å². The molecule has 0 saturated carbocycles. The second-order valence-electron chi connectivity index (χ2n) is 5.45. The summed E-state index contributed by atoms with van der Waals surface area (Å²) >= 11 is 12.0. The number of halogens is 2. The summed E-state index contributed by atoms with van der Waals surface area (Å²) in [6, 6.07) is 5.26. The van der Waals surface area contributed by atoms with Crippen molar-refractivity contribution in [3.05, 3.63) is 28.2 Å². The highest BCUT2D eigenvalue weighted by molar-refractivity contribution is 6.39. The predicted molar refractivity (Wildman–Crippen MR) is 85.9 cm³/mol. The lowest BCUT2D eigenvalue weighted by atomic mass is 10.0. The molecule has 2 atom stereocenters. The van der Waals surface area contributed by atoms with E-state index in [1.54, 1.807) is 18.2 Å². The average molecular weight is 331 g/mol. The summed E-state index contributed by atoms with van der Waals surface area (Å²) < 4.78 is 0. The molecule has 0 aliphatic carbocycles. The normalized spacial score (nSPS) is 22.5. The van der Waals surface area contributed by atoms with Crippen LogP contribution in [0.4, 0.5) is 5.69 Å². The lowest BCUT2D eigenvalue weighted by Gasteiger charge is -2.24. The van der Waals surface area contributed by atoms with Gasteiger partial charge < -0.3 is 10.4 Å². The van der Waals surface area contributed by atoms with Gasteiger partial charge in [-0.3, -0.25) is 9.69 Å². The fourth-order valence-electron chi connectivity index (χ4n) is 2.72. The van der Waals surface area contributed by atoms with Gasteiger partial charge in [0.05, 0.1) is 22.3 Å². The monoisotopic (exact) mass is 330 g/mol. The van der Waals surface area contributed by atoms with Crippen LogP contribution in [0, 0.1) is 5.92 Å². The van der Waals surface area contributed by atoms with Crippen LogP contribution in [-0.4, -0.2) is 41.7 Å². The maximum Gasteiger partial charge on any atom is 0.225 e. The first-order chi connectivity index (χ1) is 10.0. The van der Waals surface area contributed by atoms with E-state index in [9.17, 15) is 9.90 Å². The van der Waals surface area contributed by atoms with Gasteiger partial charge in [-0.05, 0) is 31.0 Å². The number of carbonyl (C=O) groups excluding carboxylic acids is 1. The van der Waals surface area contributed by atoms with E-state index in [1.165, 1.54) is 0 Å². The van der Waals surface area contributed by atoms with Crippen LogP contribution < -0.4 is 5.32 Å². The fourth-order valence-corrected chi connectivity index (χ4v) is 3.22. The molecule has 116 valence electrons. The van der Waals surface area contributed by atoms with Crippen molar-refractivity contribution in [2.45, 2.75) is 25.8 Å². The van der Waals surface area contributed by atoms with E-state index in [-0.39, 0.29) is 18.6 Å². The molecule has 1 amide bonds. The molecule has 6 heteroatoms. The van der Waals surface area contributed by atoms with Gasteiger partial charge in [-0.2, -0.15) is 0 Å². The Morgan fingerprint density at radius 2 is 2.10 bits per heavy atom. The van der Waals surface area contributed by atoms with Crippen LogP contribution in [0.3, 0.4) is 0 Å². The SMILES string of the molecule is CC1CCN(CCC(=O)Nc2c(Cl)cccc2Cl)C1CO. The summed E-state index contributed by atoms with van der Waals surface area (Å²) in [7, 11) is 0. The largest absolute Gasteiger partial charge is 0.395 e. The zero-order valence-corrected chi connectivity index (χ0v) is 13.5. The number of carbonyl (C=O) groups is 1. The molecule has 1 fully saturated rings. The van der Waals surface area contributed by atoms with Crippen molar-refractivity contribution < 1.29 is 9.90 Å². The Balaban J connectivity index is 1.88. The molecule has 1 aromatic carbocycles. The Bertz CT molecular complexity index is 490. The van der Waals surface area contributed by atoms with E-state index in [0.717, 1.165) is 13.0 Å². The summed E-state index contributed by atoms with van der Waals surface area (Å²) in [5, 5.41) is 13.0. The van der Waals surface area contributed by atoms with Gasteiger partial charge in [0.1, 0.15) is 0 Å². The highest BCUT2D eigenvalue weighted by Crippen LogP contribution is 2.30. The molecule has 1 heterocycles. The summed E-state index contributed by atoms with van der Waals surface area (Å²) in [5.41, 5.74) is 0.458. The topological polar surface area (TPSA) is 52.6 Å². The fraction of sp³-hybridized carbons (Fsp3) is 0.533. The highest BCUT2D eigenvalue weighted by Gasteiger charge is 2.30. The summed E-state index contributed by atoms with van der Waals surface area (Å²) in [6.07, 6.45) is 1.41. The third-order valence-electron chi connectivity index (χ3n) is 4.04. The Morgan fingerprint density at radius 3 is 2.71 bits per heavy atom. The van der Waals surface area contributed by atoms with Crippen LogP contribution in [0.2, 0.25) is 10.0 Å². The van der Waals surface area contributed by atoms with Gasteiger partial charge in [0, 0.05) is 19.0 Å². The van der Waals surface area contributed by atoms with Crippen molar-refractivity contribution in [2.24, 2.45) is 5.92 Å². The maximum atomic E-state index is 12.0. The zero-order chi connectivity index (χ0) is 15.4. The van der Waals surface area contributed by atoms with E-state index in [2.05, 4.69) is 17.1 Å². The molecule has 0 radical (unpaired) electrons. The van der Waals surface area contributed by atoms with E-state index in [0.29, 0.717) is 34.6 Å². The second kappa shape index (κ2) is 7.45. The van der Waals surface area contributed by atoms with Gasteiger partial charge >= 0.3 is 0 Å². The first-order valence-electron chi connectivity index (χ1n) is 7.11. The number of aliphatic hydroxyl groups excluding tert-OH is 1. The summed E-state index contributed by atoms with van der Waals surface area (Å²) in [4.78, 5) is 14.2. The number of aliphatic hydroxyl groups is 1. The number of para-hydroxylation sites is 1. The molecule has 1 aromatic rings. The third kappa shape index (κ3) is 4.10. The van der Waals surface area contributed by atoms with Crippen LogP contribution >= 0.6 is 23.2 Å². The molecule has 2 rings (SSSR count). The standard InChI is InChI=1S/C15H20Cl2N2O2/c1-10-5-7-19(13(10)9-20)8-6-14(21)18-15-11(16)3-2-4-12(15)17/h2-4,10,13,20H,5-9H2,1H3,(H,18,21). The molecular weight excluding hydrogens is 311 g/mol. The van der Waals surface area contributed by atoms with Crippen LogP contribution in [0.25, 0.3) is 0 Å². The lowest BCUT2D eigenvalue weighted by molar-refractivity contribution is -0.116. The third-order valence-corrected chi connectivity index (χ3v) is 4.67. The zero-order valence-electron chi connectivity index (χ0n) is 12.0. The number of likely N-dealkylation sites (tertiary alicyclic amines) is 1. The van der Waals surface area contributed by atoms with Gasteiger partial charge in [-0.25, -0.2) is 0 Å². The van der Waals surface area contributed by atoms with Crippen molar-refractivity contribution in [3.63, 3.8) is 0 Å². The number of hydrogen-bond acceptors (Lipinski definition) is 3. The molecule has 1 saturated heterocycles. The lowest BCUT2D eigenvalue weighted by Crippen LogP contribution is -2.37. The number of nitrogens with zero attached hydrogens (tertiary/aromatic N) is 1. The van der Waals surface area contributed by atoms with Gasteiger partial charge in [0.25, 0.3) is 0 Å². The van der Waals surface area contributed by atoms with Crippen molar-refractivity contribution in [1.29, 1.82) is 0 Å². The number of amides is 1. The van der Waals surface area contributed by atoms with Crippen LogP contribution in [0.1, 0.15) is 19.8 Å².